The fourth-order valence-corrected chi connectivity index (χ4v) is 3.11. The maximum Gasteiger partial charge on any atom is 0.284 e. The minimum absolute atomic E-state index is 0.131. The first-order valence-electron chi connectivity index (χ1n) is 7.41. The normalized spacial score (nSPS) is 10.9. The Hall–Kier alpha value is -3.48. The molecule has 2 N–H and O–H groups in total. The van der Waals surface area contributed by atoms with E-state index in [1.807, 2.05) is 29.1 Å². The summed E-state index contributed by atoms with van der Waals surface area (Å²) in [5, 5.41) is 8.87. The first kappa shape index (κ1) is 17.3. The second-order valence-electron chi connectivity index (χ2n) is 5.18. The summed E-state index contributed by atoms with van der Waals surface area (Å²) in [5.74, 6) is -0.675. The number of hydrogen-bond donors (Lipinski definition) is 2. The second kappa shape index (κ2) is 7.18. The van der Waals surface area contributed by atoms with Crippen LogP contribution in [0.25, 0.3) is 5.69 Å². The van der Waals surface area contributed by atoms with E-state index in [4.69, 9.17) is 5.26 Å². The summed E-state index contributed by atoms with van der Waals surface area (Å²) >= 11 is 0. The largest absolute Gasteiger partial charge is 0.295 e. The van der Waals surface area contributed by atoms with Gasteiger partial charge in [-0.2, -0.15) is 5.26 Å². The Labute approximate surface area is 149 Å². The van der Waals surface area contributed by atoms with Crippen LogP contribution in [-0.4, -0.2) is 23.9 Å². The molecule has 0 aliphatic carbocycles. The summed E-state index contributed by atoms with van der Waals surface area (Å²) in [6.45, 7) is 0. The highest BCUT2D eigenvalue weighted by Gasteiger charge is 2.18. The quantitative estimate of drug-likeness (QED) is 0.661. The predicted molar refractivity (Wildman–Crippen MR) is 92.5 cm³/mol. The van der Waals surface area contributed by atoms with Crippen molar-refractivity contribution in [3.05, 3.63) is 78.4 Å². The average molecular weight is 367 g/mol. The zero-order valence-corrected chi connectivity index (χ0v) is 14.1. The molecule has 8 nitrogen and oxygen atoms in total. The Morgan fingerprint density at radius 1 is 1.12 bits per heavy atom. The molecule has 0 saturated carbocycles. The molecular formula is C17H13N5O3S. The standard InChI is InChI=1S/C17H13N5O3S/c18-10-13-5-4-8-15(9-13)26(24,25)21-20-17(23)16-11-19-12-22(16)14-6-2-1-3-7-14/h1-9,11-12,21H,(H,20,23). The van der Waals surface area contributed by atoms with Crippen molar-refractivity contribution in [3.63, 3.8) is 0 Å². The first-order valence-corrected chi connectivity index (χ1v) is 8.90. The molecule has 1 heterocycles. The number of rotatable bonds is 5. The van der Waals surface area contributed by atoms with E-state index in [0.29, 0.717) is 5.69 Å². The number of amides is 1. The Kier molecular flexibility index (Phi) is 4.79. The molecule has 0 fully saturated rings. The predicted octanol–water partition coefficient (Wildman–Crippen LogP) is 1.37. The van der Waals surface area contributed by atoms with Crippen LogP contribution in [0.5, 0.6) is 0 Å². The van der Waals surface area contributed by atoms with Crippen LogP contribution in [-0.2, 0) is 10.0 Å². The summed E-state index contributed by atoms with van der Waals surface area (Å²) in [5.41, 5.74) is 3.21. The van der Waals surface area contributed by atoms with Gasteiger partial charge in [-0.3, -0.25) is 14.8 Å². The number of hydrogen-bond acceptors (Lipinski definition) is 5. The summed E-state index contributed by atoms with van der Waals surface area (Å²) in [7, 11) is -4.02. The van der Waals surface area contributed by atoms with Gasteiger partial charge in [0.05, 0.1) is 29.1 Å². The lowest BCUT2D eigenvalue weighted by Crippen LogP contribution is -2.42. The van der Waals surface area contributed by atoms with E-state index in [2.05, 4.69) is 10.4 Å². The molecule has 9 heteroatoms. The number of para-hydroxylation sites is 1. The topological polar surface area (TPSA) is 117 Å². The molecule has 3 aromatic rings. The van der Waals surface area contributed by atoms with E-state index in [-0.39, 0.29) is 16.2 Å². The van der Waals surface area contributed by atoms with Gasteiger partial charge < -0.3 is 0 Å². The molecule has 3 rings (SSSR count). The van der Waals surface area contributed by atoms with E-state index < -0.39 is 15.9 Å². The lowest BCUT2D eigenvalue weighted by molar-refractivity contribution is 0.0938. The van der Waals surface area contributed by atoms with Gasteiger partial charge >= 0.3 is 0 Å². The Morgan fingerprint density at radius 2 is 1.88 bits per heavy atom. The van der Waals surface area contributed by atoms with E-state index in [9.17, 15) is 13.2 Å². The number of hydrazine groups is 1. The highest BCUT2D eigenvalue weighted by Crippen LogP contribution is 2.12. The molecule has 0 radical (unpaired) electrons. The number of carbonyl (C=O) groups is 1. The van der Waals surface area contributed by atoms with Crippen molar-refractivity contribution < 1.29 is 13.2 Å². The van der Waals surface area contributed by atoms with Crippen LogP contribution in [0.3, 0.4) is 0 Å². The average Bonchev–Trinajstić information content (AvgIpc) is 3.17. The number of imidazole rings is 1. The zero-order valence-electron chi connectivity index (χ0n) is 13.3. The highest BCUT2D eigenvalue weighted by atomic mass is 32.2. The molecule has 2 aromatic carbocycles. The molecule has 1 aromatic heterocycles. The van der Waals surface area contributed by atoms with Crippen LogP contribution in [0.15, 0.2) is 72.0 Å². The SMILES string of the molecule is N#Cc1cccc(S(=O)(=O)NNC(=O)c2cncn2-c2ccccc2)c1. The number of aromatic nitrogens is 2. The Balaban J connectivity index is 1.78. The van der Waals surface area contributed by atoms with Crippen molar-refractivity contribution in [2.24, 2.45) is 0 Å². The number of benzene rings is 2. The second-order valence-corrected chi connectivity index (χ2v) is 6.87. The van der Waals surface area contributed by atoms with E-state index in [1.54, 1.807) is 12.1 Å². The summed E-state index contributed by atoms with van der Waals surface area (Å²) < 4.78 is 26.1. The fraction of sp³-hybridized carbons (Fsp3) is 0. The first-order chi connectivity index (χ1) is 12.5. The molecule has 0 bridgehead atoms. The molecule has 130 valence electrons. The van der Waals surface area contributed by atoms with Crippen LogP contribution in [0, 0.1) is 11.3 Å². The number of carbonyl (C=O) groups excluding carboxylic acids is 1. The third kappa shape index (κ3) is 3.61. The number of sulfonamides is 1. The van der Waals surface area contributed by atoms with Gasteiger partial charge in [0.1, 0.15) is 5.69 Å². The molecule has 0 aliphatic heterocycles. The van der Waals surface area contributed by atoms with Gasteiger partial charge in [-0.15, -0.1) is 4.83 Å². The summed E-state index contributed by atoms with van der Waals surface area (Å²) in [6.07, 6.45) is 2.78. The van der Waals surface area contributed by atoms with Crippen molar-refractivity contribution in [2.75, 3.05) is 0 Å². The lowest BCUT2D eigenvalue weighted by atomic mass is 10.2. The van der Waals surface area contributed by atoms with Crippen molar-refractivity contribution in [1.82, 2.24) is 19.8 Å². The summed E-state index contributed by atoms with van der Waals surface area (Å²) in [6, 6.07) is 16.3. The Morgan fingerprint density at radius 3 is 2.62 bits per heavy atom. The van der Waals surface area contributed by atoms with Gasteiger partial charge in [-0.1, -0.05) is 24.3 Å². The maximum atomic E-state index is 12.3. The van der Waals surface area contributed by atoms with Gasteiger partial charge in [-0.05, 0) is 30.3 Å². The summed E-state index contributed by atoms with van der Waals surface area (Å²) in [4.78, 5) is 18.2. The van der Waals surface area contributed by atoms with Crippen LogP contribution >= 0.6 is 0 Å². The molecular weight excluding hydrogens is 354 g/mol. The molecule has 0 saturated heterocycles. The van der Waals surface area contributed by atoms with E-state index in [0.717, 1.165) is 0 Å². The molecule has 26 heavy (non-hydrogen) atoms. The number of nitrogens with one attached hydrogen (secondary N) is 2. The highest BCUT2D eigenvalue weighted by molar-refractivity contribution is 7.89. The van der Waals surface area contributed by atoms with Gasteiger partial charge in [0.25, 0.3) is 15.9 Å². The smallest absolute Gasteiger partial charge is 0.284 e. The number of nitriles is 1. The van der Waals surface area contributed by atoms with Gasteiger partial charge in [-0.25, -0.2) is 13.4 Å². The molecule has 0 atom stereocenters. The fourth-order valence-electron chi connectivity index (χ4n) is 2.23. The van der Waals surface area contributed by atoms with Crippen molar-refractivity contribution in [3.8, 4) is 11.8 Å². The maximum absolute atomic E-state index is 12.3. The molecule has 0 aliphatic rings. The minimum atomic E-state index is -4.02. The molecule has 1 amide bonds. The number of nitrogens with zero attached hydrogens (tertiary/aromatic N) is 3. The lowest BCUT2D eigenvalue weighted by Gasteiger charge is -2.10. The monoisotopic (exact) mass is 367 g/mol. The van der Waals surface area contributed by atoms with Crippen LogP contribution in [0.1, 0.15) is 16.1 Å². The molecule has 0 unspecified atom stereocenters. The third-order valence-corrected chi connectivity index (χ3v) is 4.72. The van der Waals surface area contributed by atoms with Crippen molar-refractivity contribution in [2.45, 2.75) is 4.90 Å². The van der Waals surface area contributed by atoms with Crippen LogP contribution in [0.4, 0.5) is 0 Å². The van der Waals surface area contributed by atoms with E-state index >= 15 is 0 Å². The van der Waals surface area contributed by atoms with Crippen molar-refractivity contribution >= 4 is 15.9 Å². The minimum Gasteiger partial charge on any atom is -0.295 e. The van der Waals surface area contributed by atoms with E-state index in [1.165, 1.54) is 41.4 Å². The molecule has 0 spiro atoms. The Bertz CT molecular complexity index is 1080. The van der Waals surface area contributed by atoms with Gasteiger partial charge in [0.15, 0.2) is 0 Å². The van der Waals surface area contributed by atoms with Gasteiger partial charge in [0, 0.05) is 5.69 Å². The third-order valence-electron chi connectivity index (χ3n) is 3.48. The van der Waals surface area contributed by atoms with Crippen LogP contribution in [0.2, 0.25) is 0 Å². The van der Waals surface area contributed by atoms with Crippen molar-refractivity contribution in [1.29, 1.82) is 5.26 Å². The van der Waals surface area contributed by atoms with Gasteiger partial charge in [0.2, 0.25) is 0 Å². The van der Waals surface area contributed by atoms with Crippen LogP contribution < -0.4 is 10.3 Å². The zero-order chi connectivity index (χ0) is 18.6.